The van der Waals surface area contributed by atoms with Gasteiger partial charge in [0.1, 0.15) is 0 Å². The van der Waals surface area contributed by atoms with Gasteiger partial charge in [0.15, 0.2) is 0 Å². The van der Waals surface area contributed by atoms with Crippen molar-refractivity contribution in [2.24, 2.45) is 5.92 Å². The molecule has 3 nitrogen and oxygen atoms in total. The maximum atomic E-state index is 10.8. The van der Waals surface area contributed by atoms with Gasteiger partial charge in [0.2, 0.25) is 0 Å². The number of amides is 1. The van der Waals surface area contributed by atoms with E-state index < -0.39 is 0 Å². The van der Waals surface area contributed by atoms with Crippen LogP contribution in [0.15, 0.2) is 0 Å². The Labute approximate surface area is 72.2 Å². The maximum Gasteiger partial charge on any atom is 0.295 e. The lowest BCUT2D eigenvalue weighted by atomic mass is 10.1. The van der Waals surface area contributed by atoms with E-state index >= 15 is 0 Å². The molecule has 1 aliphatic rings. The molecule has 0 saturated heterocycles. The average molecular weight is 167 g/mol. The lowest BCUT2D eigenvalue weighted by molar-refractivity contribution is -0.116. The third-order valence-corrected chi connectivity index (χ3v) is 2.34. The molecular weight excluding hydrogens is 154 g/mol. The van der Waals surface area contributed by atoms with Gasteiger partial charge in [-0.1, -0.05) is 6.42 Å². The van der Waals surface area contributed by atoms with Crippen molar-refractivity contribution in [2.45, 2.75) is 25.3 Å². The van der Waals surface area contributed by atoms with E-state index in [1.165, 1.54) is 0 Å². The molecule has 0 spiro atoms. The third-order valence-electron chi connectivity index (χ3n) is 2.34. The van der Waals surface area contributed by atoms with Gasteiger partial charge in [-0.3, -0.25) is 4.79 Å². The van der Waals surface area contributed by atoms with Crippen LogP contribution < -0.4 is 5.32 Å². The summed E-state index contributed by atoms with van der Waals surface area (Å²) in [5, 5.41) is 11.6. The molecule has 0 aromatic carbocycles. The predicted octanol–water partition coefficient (Wildman–Crippen LogP) is -0.103. The van der Waals surface area contributed by atoms with E-state index in [2.05, 4.69) is 5.32 Å². The highest BCUT2D eigenvalue weighted by molar-refractivity contribution is 5.93. The second-order valence-corrected chi connectivity index (χ2v) is 3.10. The number of rotatable bonds is 2. The molecule has 0 aliphatic heterocycles. The molecule has 2 atom stereocenters. The summed E-state index contributed by atoms with van der Waals surface area (Å²) in [6.07, 6.45) is 7.88. The second-order valence-electron chi connectivity index (χ2n) is 3.10. The van der Waals surface area contributed by atoms with Crippen LogP contribution in [0.4, 0.5) is 0 Å². The number of aliphatic hydroxyl groups is 1. The van der Waals surface area contributed by atoms with Crippen LogP contribution >= 0.6 is 0 Å². The summed E-state index contributed by atoms with van der Waals surface area (Å²) >= 11 is 0. The first kappa shape index (κ1) is 9.08. The normalized spacial score (nSPS) is 28.0. The summed E-state index contributed by atoms with van der Waals surface area (Å²) in [5.41, 5.74) is 0. The molecule has 0 aromatic heterocycles. The predicted molar refractivity (Wildman–Crippen MR) is 45.2 cm³/mol. The van der Waals surface area contributed by atoms with E-state index in [9.17, 15) is 4.79 Å². The number of nitrogens with one attached hydrogen (secondary N) is 1. The summed E-state index contributed by atoms with van der Waals surface area (Å²) in [5.74, 6) is 1.83. The molecule has 0 bridgehead atoms. The minimum atomic E-state index is -0.375. The first-order chi connectivity index (χ1) is 5.77. The van der Waals surface area contributed by atoms with Gasteiger partial charge in [0, 0.05) is 18.6 Å². The van der Waals surface area contributed by atoms with Crippen molar-refractivity contribution < 1.29 is 9.90 Å². The van der Waals surface area contributed by atoms with E-state index in [4.69, 9.17) is 11.5 Å². The zero-order valence-electron chi connectivity index (χ0n) is 6.92. The Bertz CT molecular complexity index is 207. The summed E-state index contributed by atoms with van der Waals surface area (Å²) in [6.45, 7) is 0.134. The molecule has 1 aliphatic carbocycles. The number of hydrogen-bond donors (Lipinski definition) is 2. The van der Waals surface area contributed by atoms with Crippen molar-refractivity contribution in [1.82, 2.24) is 5.32 Å². The molecule has 2 N–H and O–H groups in total. The first-order valence-corrected chi connectivity index (χ1v) is 4.16. The Morgan fingerprint density at radius 3 is 3.00 bits per heavy atom. The second kappa shape index (κ2) is 4.13. The molecular formula is C9H13NO2. The number of carbonyl (C=O) groups excluding carboxylic acids is 1. The monoisotopic (exact) mass is 167 g/mol. The van der Waals surface area contributed by atoms with Gasteiger partial charge in [-0.2, -0.15) is 0 Å². The Balaban J connectivity index is 2.41. The average Bonchev–Trinajstić information content (AvgIpc) is 2.51. The molecule has 0 aromatic rings. The summed E-state index contributed by atoms with van der Waals surface area (Å²) in [7, 11) is 0. The van der Waals surface area contributed by atoms with Crippen molar-refractivity contribution in [1.29, 1.82) is 0 Å². The van der Waals surface area contributed by atoms with Crippen LogP contribution in [-0.4, -0.2) is 23.7 Å². The van der Waals surface area contributed by atoms with Crippen LogP contribution in [0.25, 0.3) is 0 Å². The van der Waals surface area contributed by atoms with Gasteiger partial charge in [-0.25, -0.2) is 0 Å². The summed E-state index contributed by atoms with van der Waals surface area (Å²) in [4.78, 5) is 10.8. The van der Waals surface area contributed by atoms with Gasteiger partial charge in [-0.05, 0) is 18.8 Å². The molecule has 1 amide bonds. The van der Waals surface area contributed by atoms with Crippen molar-refractivity contribution >= 4 is 5.91 Å². The van der Waals surface area contributed by atoms with Gasteiger partial charge >= 0.3 is 0 Å². The fourth-order valence-corrected chi connectivity index (χ4v) is 1.66. The lowest BCUT2D eigenvalue weighted by Crippen LogP contribution is -2.37. The van der Waals surface area contributed by atoms with Crippen LogP contribution in [0.5, 0.6) is 0 Å². The minimum absolute atomic E-state index is 0.0820. The van der Waals surface area contributed by atoms with Crippen molar-refractivity contribution in [3.05, 3.63) is 0 Å². The molecule has 1 saturated carbocycles. The summed E-state index contributed by atoms with van der Waals surface area (Å²) in [6, 6.07) is 0.0820. The molecule has 0 unspecified atom stereocenters. The zero-order valence-corrected chi connectivity index (χ0v) is 6.92. The quantitative estimate of drug-likeness (QED) is 0.564. The number of carbonyl (C=O) groups is 1. The highest BCUT2D eigenvalue weighted by Crippen LogP contribution is 2.24. The van der Waals surface area contributed by atoms with Gasteiger partial charge in [0.05, 0.1) is 0 Å². The first-order valence-electron chi connectivity index (χ1n) is 4.16. The molecule has 12 heavy (non-hydrogen) atoms. The molecule has 1 rings (SSSR count). The number of aliphatic hydroxyl groups excluding tert-OH is 1. The number of terminal acetylenes is 1. The van der Waals surface area contributed by atoms with Crippen LogP contribution in [-0.2, 0) is 4.79 Å². The van der Waals surface area contributed by atoms with Crippen LogP contribution in [0, 0.1) is 18.3 Å². The van der Waals surface area contributed by atoms with E-state index in [1.807, 2.05) is 5.92 Å². The van der Waals surface area contributed by atoms with E-state index in [1.54, 1.807) is 0 Å². The van der Waals surface area contributed by atoms with Gasteiger partial charge in [0.25, 0.3) is 5.91 Å². The molecule has 1 fully saturated rings. The van der Waals surface area contributed by atoms with Crippen molar-refractivity contribution in [3.8, 4) is 12.3 Å². The Morgan fingerprint density at radius 1 is 1.67 bits per heavy atom. The standard InChI is InChI=1S/C9H13NO2/c1-2-9(12)10-8-5-3-4-7(8)6-11/h1,7-8,11H,3-6H2,(H,10,12)/t7-,8-/m0/s1. The molecule has 0 radical (unpaired) electrons. The van der Waals surface area contributed by atoms with Gasteiger partial charge < -0.3 is 10.4 Å². The fraction of sp³-hybridized carbons (Fsp3) is 0.667. The smallest absolute Gasteiger partial charge is 0.295 e. The zero-order chi connectivity index (χ0) is 8.97. The molecule has 66 valence electrons. The maximum absolute atomic E-state index is 10.8. The lowest BCUT2D eigenvalue weighted by Gasteiger charge is -2.16. The van der Waals surface area contributed by atoms with E-state index in [0.717, 1.165) is 19.3 Å². The topological polar surface area (TPSA) is 49.3 Å². The minimum Gasteiger partial charge on any atom is -0.396 e. The Kier molecular flexibility index (Phi) is 3.12. The molecule has 3 heteroatoms. The largest absolute Gasteiger partial charge is 0.396 e. The van der Waals surface area contributed by atoms with Crippen molar-refractivity contribution in [3.63, 3.8) is 0 Å². The SMILES string of the molecule is C#CC(=O)N[C@H]1CCC[C@H]1CO. The van der Waals surface area contributed by atoms with E-state index in [-0.39, 0.29) is 24.5 Å². The van der Waals surface area contributed by atoms with E-state index in [0.29, 0.717) is 0 Å². The molecule has 0 heterocycles. The number of hydrogen-bond acceptors (Lipinski definition) is 2. The van der Waals surface area contributed by atoms with Crippen LogP contribution in [0.1, 0.15) is 19.3 Å². The van der Waals surface area contributed by atoms with Crippen molar-refractivity contribution in [2.75, 3.05) is 6.61 Å². The highest BCUT2D eigenvalue weighted by Gasteiger charge is 2.27. The van der Waals surface area contributed by atoms with Crippen LogP contribution in [0.2, 0.25) is 0 Å². The highest BCUT2D eigenvalue weighted by atomic mass is 16.3. The fourth-order valence-electron chi connectivity index (χ4n) is 1.66. The Hall–Kier alpha value is -1.01. The third kappa shape index (κ3) is 1.99. The summed E-state index contributed by atoms with van der Waals surface area (Å²) < 4.78 is 0. The Morgan fingerprint density at radius 2 is 2.42 bits per heavy atom. The van der Waals surface area contributed by atoms with Gasteiger partial charge in [-0.15, -0.1) is 6.42 Å². The van der Waals surface area contributed by atoms with Crippen LogP contribution in [0.3, 0.4) is 0 Å².